The van der Waals surface area contributed by atoms with E-state index in [4.69, 9.17) is 10.5 Å². The van der Waals surface area contributed by atoms with Crippen LogP contribution in [0.2, 0.25) is 0 Å². The van der Waals surface area contributed by atoms with Gasteiger partial charge in [0.05, 0.1) is 13.7 Å². The maximum absolute atomic E-state index is 11.3. The Morgan fingerprint density at radius 3 is 2.79 bits per heavy atom. The summed E-state index contributed by atoms with van der Waals surface area (Å²) in [5.41, 5.74) is 7.43. The molecule has 1 aromatic rings. The van der Waals surface area contributed by atoms with E-state index in [0.717, 1.165) is 25.9 Å². The molecule has 2 rings (SSSR count). The third-order valence-corrected chi connectivity index (χ3v) is 3.59. The largest absolute Gasteiger partial charge is 0.468 e. The zero-order valence-corrected chi connectivity index (χ0v) is 11.4. The zero-order valence-electron chi connectivity index (χ0n) is 11.4. The van der Waals surface area contributed by atoms with E-state index in [1.165, 1.54) is 12.7 Å². The third kappa shape index (κ3) is 4.33. The molecule has 1 saturated heterocycles. The topological polar surface area (TPSA) is 55.6 Å². The summed E-state index contributed by atoms with van der Waals surface area (Å²) in [6, 6.07) is 10.6. The average Bonchev–Trinajstić information content (AvgIpc) is 2.39. The summed E-state index contributed by atoms with van der Waals surface area (Å²) in [5, 5.41) is 0. The Hall–Kier alpha value is -1.39. The Morgan fingerprint density at radius 1 is 1.37 bits per heavy atom. The van der Waals surface area contributed by atoms with E-state index in [1.54, 1.807) is 0 Å². The molecule has 0 aromatic heterocycles. The molecule has 0 amide bonds. The van der Waals surface area contributed by atoms with Crippen molar-refractivity contribution in [3.63, 3.8) is 0 Å². The number of benzene rings is 1. The number of hydrogen-bond donors (Lipinski definition) is 1. The number of methoxy groups -OCH3 is 1. The van der Waals surface area contributed by atoms with Crippen molar-refractivity contribution in [2.24, 2.45) is 11.7 Å². The fourth-order valence-corrected chi connectivity index (χ4v) is 2.82. The predicted octanol–water partition coefficient (Wildman–Crippen LogP) is 1.05. The fourth-order valence-electron chi connectivity index (χ4n) is 2.82. The lowest BCUT2D eigenvalue weighted by Crippen LogP contribution is -2.49. The first-order valence-electron chi connectivity index (χ1n) is 6.76. The smallest absolute Gasteiger partial charge is 0.319 e. The van der Waals surface area contributed by atoms with E-state index in [9.17, 15) is 4.79 Å². The van der Waals surface area contributed by atoms with Gasteiger partial charge in [-0.05, 0) is 24.3 Å². The molecule has 2 atom stereocenters. The Balaban J connectivity index is 1.92. The summed E-state index contributed by atoms with van der Waals surface area (Å²) in [6.45, 7) is 2.04. The van der Waals surface area contributed by atoms with Gasteiger partial charge in [0.15, 0.2) is 0 Å². The van der Waals surface area contributed by atoms with Crippen molar-refractivity contribution in [2.75, 3.05) is 26.7 Å². The summed E-state index contributed by atoms with van der Waals surface area (Å²) in [6.07, 6.45) is 2.04. The molecule has 19 heavy (non-hydrogen) atoms. The van der Waals surface area contributed by atoms with Crippen LogP contribution in [0.25, 0.3) is 0 Å². The second-order valence-electron chi connectivity index (χ2n) is 5.32. The quantitative estimate of drug-likeness (QED) is 0.824. The fraction of sp³-hybridized carbons (Fsp3) is 0.533. The number of nitrogens with zero attached hydrogens (tertiary/aromatic N) is 1. The lowest BCUT2D eigenvalue weighted by atomic mass is 9.89. The van der Waals surface area contributed by atoms with Crippen LogP contribution in [0.5, 0.6) is 0 Å². The van der Waals surface area contributed by atoms with Crippen LogP contribution in [0.15, 0.2) is 30.3 Å². The van der Waals surface area contributed by atoms with Gasteiger partial charge in [0.1, 0.15) is 0 Å². The van der Waals surface area contributed by atoms with Gasteiger partial charge in [0.2, 0.25) is 0 Å². The highest BCUT2D eigenvalue weighted by atomic mass is 16.5. The second kappa shape index (κ2) is 6.68. The summed E-state index contributed by atoms with van der Waals surface area (Å²) in [4.78, 5) is 13.5. The minimum absolute atomic E-state index is 0.145. The molecule has 0 saturated carbocycles. The van der Waals surface area contributed by atoms with Crippen LogP contribution in [0.3, 0.4) is 0 Å². The number of nitrogens with two attached hydrogens (primary N) is 1. The van der Waals surface area contributed by atoms with Crippen molar-refractivity contribution in [3.8, 4) is 0 Å². The number of carbonyl (C=O) groups is 1. The standard InChI is InChI=1S/C15H22N2O2/c1-19-15(18)11-17-9-13(8-14(16)10-17)7-12-5-3-2-4-6-12/h2-6,13-14H,7-11,16H2,1H3. The number of piperidine rings is 1. The van der Waals surface area contributed by atoms with Crippen LogP contribution in [0.1, 0.15) is 12.0 Å². The molecular formula is C15H22N2O2. The van der Waals surface area contributed by atoms with E-state index in [1.807, 2.05) is 6.07 Å². The minimum atomic E-state index is -0.187. The van der Waals surface area contributed by atoms with Crippen LogP contribution in [0, 0.1) is 5.92 Å². The van der Waals surface area contributed by atoms with Crippen molar-refractivity contribution < 1.29 is 9.53 Å². The second-order valence-corrected chi connectivity index (χ2v) is 5.32. The van der Waals surface area contributed by atoms with E-state index in [2.05, 4.69) is 29.2 Å². The molecule has 0 spiro atoms. The summed E-state index contributed by atoms with van der Waals surface area (Å²) < 4.78 is 4.72. The molecule has 1 aliphatic heterocycles. The lowest BCUT2D eigenvalue weighted by Gasteiger charge is -2.35. The van der Waals surface area contributed by atoms with Gasteiger partial charge in [0.25, 0.3) is 0 Å². The van der Waals surface area contributed by atoms with Gasteiger partial charge >= 0.3 is 5.97 Å². The minimum Gasteiger partial charge on any atom is -0.468 e. The Bertz CT molecular complexity index is 408. The van der Waals surface area contributed by atoms with Crippen LogP contribution in [-0.2, 0) is 16.0 Å². The molecule has 1 fully saturated rings. The van der Waals surface area contributed by atoms with Crippen molar-refractivity contribution in [1.29, 1.82) is 0 Å². The van der Waals surface area contributed by atoms with Crippen molar-refractivity contribution in [1.82, 2.24) is 4.90 Å². The molecule has 0 bridgehead atoms. The van der Waals surface area contributed by atoms with Crippen LogP contribution in [-0.4, -0.2) is 43.7 Å². The van der Waals surface area contributed by atoms with Crippen molar-refractivity contribution in [2.45, 2.75) is 18.9 Å². The van der Waals surface area contributed by atoms with Crippen LogP contribution < -0.4 is 5.73 Å². The normalized spacial score (nSPS) is 24.1. The van der Waals surface area contributed by atoms with Gasteiger partial charge in [-0.1, -0.05) is 30.3 Å². The van der Waals surface area contributed by atoms with Crippen molar-refractivity contribution in [3.05, 3.63) is 35.9 Å². The molecule has 1 aliphatic rings. The highest BCUT2D eigenvalue weighted by molar-refractivity contribution is 5.71. The van der Waals surface area contributed by atoms with Crippen molar-refractivity contribution >= 4 is 5.97 Å². The van der Waals surface area contributed by atoms with Gasteiger partial charge < -0.3 is 10.5 Å². The highest BCUT2D eigenvalue weighted by Gasteiger charge is 2.26. The molecule has 2 unspecified atom stereocenters. The molecule has 104 valence electrons. The molecule has 0 radical (unpaired) electrons. The summed E-state index contributed by atoms with van der Waals surface area (Å²) in [5.74, 6) is 0.323. The lowest BCUT2D eigenvalue weighted by molar-refractivity contribution is -0.142. The molecular weight excluding hydrogens is 240 g/mol. The number of carbonyl (C=O) groups excluding carboxylic acids is 1. The number of hydrogen-bond acceptors (Lipinski definition) is 4. The Kier molecular flexibility index (Phi) is 4.93. The zero-order chi connectivity index (χ0) is 13.7. The Labute approximate surface area is 114 Å². The maximum atomic E-state index is 11.3. The van der Waals surface area contributed by atoms with Gasteiger partial charge in [-0.3, -0.25) is 9.69 Å². The first kappa shape index (κ1) is 14.0. The average molecular weight is 262 g/mol. The molecule has 1 heterocycles. The summed E-state index contributed by atoms with van der Waals surface area (Å²) >= 11 is 0. The molecule has 0 aliphatic carbocycles. The highest BCUT2D eigenvalue weighted by Crippen LogP contribution is 2.20. The van der Waals surface area contributed by atoms with Crippen LogP contribution in [0.4, 0.5) is 0 Å². The predicted molar refractivity (Wildman–Crippen MR) is 74.7 cm³/mol. The van der Waals surface area contributed by atoms with Gasteiger partial charge in [0, 0.05) is 19.1 Å². The number of esters is 1. The summed E-state index contributed by atoms with van der Waals surface area (Å²) in [7, 11) is 1.42. The van der Waals surface area contributed by atoms with E-state index >= 15 is 0 Å². The first-order chi connectivity index (χ1) is 9.17. The third-order valence-electron chi connectivity index (χ3n) is 3.59. The molecule has 4 heteroatoms. The van der Waals surface area contributed by atoms with Gasteiger partial charge in [-0.15, -0.1) is 0 Å². The molecule has 1 aromatic carbocycles. The molecule has 2 N–H and O–H groups in total. The van der Waals surface area contributed by atoms with Gasteiger partial charge in [-0.2, -0.15) is 0 Å². The molecule has 4 nitrogen and oxygen atoms in total. The van der Waals surface area contributed by atoms with Gasteiger partial charge in [-0.25, -0.2) is 0 Å². The van der Waals surface area contributed by atoms with E-state index < -0.39 is 0 Å². The Morgan fingerprint density at radius 2 is 2.11 bits per heavy atom. The number of rotatable bonds is 4. The number of likely N-dealkylation sites (tertiary alicyclic amines) is 1. The number of ether oxygens (including phenoxy) is 1. The SMILES string of the molecule is COC(=O)CN1CC(N)CC(Cc2ccccc2)C1. The van der Waals surface area contributed by atoms with Crippen LogP contribution >= 0.6 is 0 Å². The first-order valence-corrected chi connectivity index (χ1v) is 6.76. The van der Waals surface area contributed by atoms with E-state index in [0.29, 0.717) is 12.5 Å². The van der Waals surface area contributed by atoms with E-state index in [-0.39, 0.29) is 12.0 Å². The maximum Gasteiger partial charge on any atom is 0.319 e. The monoisotopic (exact) mass is 262 g/mol.